The molecule has 0 aliphatic carbocycles. The van der Waals surface area contributed by atoms with Crippen molar-refractivity contribution in [2.75, 3.05) is 5.32 Å². The van der Waals surface area contributed by atoms with Gasteiger partial charge in [0, 0.05) is 0 Å². The predicted octanol–water partition coefficient (Wildman–Crippen LogP) is 1.38. The number of nitriles is 1. The van der Waals surface area contributed by atoms with Crippen molar-refractivity contribution >= 4 is 22.8 Å². The van der Waals surface area contributed by atoms with E-state index in [1.807, 2.05) is 30.3 Å². The molecule has 0 saturated carbocycles. The second kappa shape index (κ2) is 6.75. The molecule has 8 nitrogen and oxygen atoms in total. The number of hydrogen-bond donors (Lipinski definition) is 2. The number of fused-ring (bicyclic) bond motifs is 1. The molecule has 3 aromatic rings. The summed E-state index contributed by atoms with van der Waals surface area (Å²) in [5.74, 6) is -0.0410. The molecular weight excluding hydrogens is 306 g/mol. The van der Waals surface area contributed by atoms with E-state index in [0.29, 0.717) is 29.8 Å². The summed E-state index contributed by atoms with van der Waals surface area (Å²) in [5.41, 5.74) is 6.87. The first-order valence-corrected chi connectivity index (χ1v) is 7.35. The average molecular weight is 321 g/mol. The van der Waals surface area contributed by atoms with Crippen molar-refractivity contribution in [1.82, 2.24) is 19.7 Å². The van der Waals surface area contributed by atoms with Gasteiger partial charge in [0.15, 0.2) is 5.65 Å². The van der Waals surface area contributed by atoms with E-state index in [-0.39, 0.29) is 0 Å². The molecule has 0 unspecified atom stereocenters. The fourth-order valence-corrected chi connectivity index (χ4v) is 2.43. The number of aryl methyl sites for hydroxylation is 1. The number of anilines is 1. The van der Waals surface area contributed by atoms with Crippen LogP contribution in [-0.4, -0.2) is 25.7 Å². The Hall–Kier alpha value is -3.47. The van der Waals surface area contributed by atoms with Gasteiger partial charge in [-0.2, -0.15) is 10.4 Å². The molecule has 1 amide bonds. The third kappa shape index (κ3) is 3.01. The Balaban J connectivity index is 1.96. The van der Waals surface area contributed by atoms with Gasteiger partial charge in [-0.15, -0.1) is 0 Å². The van der Waals surface area contributed by atoms with Gasteiger partial charge in [-0.05, 0) is 5.56 Å². The standard InChI is InChI=1S/C16H15N7O/c17-7-4-8-23-16-12(9-21-23)15(19-10-20-16)22-13(14(18)24)11-5-2-1-3-6-11/h1-3,5-6,9-10,13H,4,8H2,(H2,18,24)(H,19,20,22)/t13-/m0/s1. The Kier molecular flexibility index (Phi) is 4.34. The van der Waals surface area contributed by atoms with Crippen LogP contribution >= 0.6 is 0 Å². The highest BCUT2D eigenvalue weighted by molar-refractivity contribution is 5.90. The first-order chi connectivity index (χ1) is 11.7. The van der Waals surface area contributed by atoms with Crippen molar-refractivity contribution in [2.45, 2.75) is 19.0 Å². The molecule has 0 bridgehead atoms. The molecule has 1 atom stereocenters. The fourth-order valence-electron chi connectivity index (χ4n) is 2.43. The van der Waals surface area contributed by atoms with Gasteiger partial charge in [-0.3, -0.25) is 4.79 Å². The molecule has 3 N–H and O–H groups in total. The van der Waals surface area contributed by atoms with Crippen molar-refractivity contribution in [1.29, 1.82) is 5.26 Å². The minimum atomic E-state index is -0.716. The molecule has 0 saturated heterocycles. The molecule has 2 aromatic heterocycles. The van der Waals surface area contributed by atoms with Crippen LogP contribution < -0.4 is 11.1 Å². The number of nitrogens with two attached hydrogens (primary N) is 1. The molecule has 3 rings (SSSR count). The van der Waals surface area contributed by atoms with E-state index in [2.05, 4.69) is 26.5 Å². The highest BCUT2D eigenvalue weighted by Crippen LogP contribution is 2.24. The summed E-state index contributed by atoms with van der Waals surface area (Å²) in [7, 11) is 0. The Morgan fingerprint density at radius 1 is 1.33 bits per heavy atom. The highest BCUT2D eigenvalue weighted by Gasteiger charge is 2.20. The lowest BCUT2D eigenvalue weighted by Crippen LogP contribution is -2.28. The molecule has 24 heavy (non-hydrogen) atoms. The third-order valence-electron chi connectivity index (χ3n) is 3.57. The van der Waals surface area contributed by atoms with Crippen LogP contribution in [0.15, 0.2) is 42.9 Å². The van der Waals surface area contributed by atoms with Gasteiger partial charge in [0.05, 0.1) is 30.6 Å². The van der Waals surface area contributed by atoms with Crippen LogP contribution in [0.4, 0.5) is 5.82 Å². The lowest BCUT2D eigenvalue weighted by atomic mass is 10.1. The van der Waals surface area contributed by atoms with E-state index in [4.69, 9.17) is 11.0 Å². The summed E-state index contributed by atoms with van der Waals surface area (Å²) in [5, 5.41) is 16.7. The van der Waals surface area contributed by atoms with Crippen LogP contribution in [0, 0.1) is 11.3 Å². The summed E-state index contributed by atoms with van der Waals surface area (Å²) in [6.07, 6.45) is 3.33. The van der Waals surface area contributed by atoms with Gasteiger partial charge >= 0.3 is 0 Å². The fraction of sp³-hybridized carbons (Fsp3) is 0.188. The van der Waals surface area contributed by atoms with Gasteiger partial charge in [0.25, 0.3) is 0 Å². The Morgan fingerprint density at radius 3 is 2.83 bits per heavy atom. The number of amides is 1. The van der Waals surface area contributed by atoms with E-state index < -0.39 is 11.9 Å². The largest absolute Gasteiger partial charge is 0.368 e. The normalized spacial score (nSPS) is 11.8. The van der Waals surface area contributed by atoms with Gasteiger partial charge < -0.3 is 11.1 Å². The molecule has 1 aromatic carbocycles. The van der Waals surface area contributed by atoms with Crippen molar-refractivity contribution < 1.29 is 4.79 Å². The number of rotatable bonds is 6. The molecule has 0 radical (unpaired) electrons. The monoisotopic (exact) mass is 321 g/mol. The number of primary amides is 1. The van der Waals surface area contributed by atoms with Crippen molar-refractivity contribution in [2.24, 2.45) is 5.73 Å². The quantitative estimate of drug-likeness (QED) is 0.707. The molecule has 0 aliphatic heterocycles. The summed E-state index contributed by atoms with van der Waals surface area (Å²) in [6, 6.07) is 10.5. The lowest BCUT2D eigenvalue weighted by Gasteiger charge is -2.16. The molecule has 0 aliphatic rings. The lowest BCUT2D eigenvalue weighted by molar-refractivity contribution is -0.118. The zero-order valence-corrected chi connectivity index (χ0v) is 12.8. The number of benzene rings is 1. The van der Waals surface area contributed by atoms with E-state index >= 15 is 0 Å². The number of aromatic nitrogens is 4. The topological polar surface area (TPSA) is 123 Å². The van der Waals surface area contributed by atoms with Gasteiger partial charge in [-0.1, -0.05) is 30.3 Å². The first kappa shape index (κ1) is 15.4. The van der Waals surface area contributed by atoms with Crippen LogP contribution in [0.5, 0.6) is 0 Å². The molecule has 120 valence electrons. The van der Waals surface area contributed by atoms with Crippen molar-refractivity contribution in [3.63, 3.8) is 0 Å². The third-order valence-corrected chi connectivity index (χ3v) is 3.57. The number of nitrogens with zero attached hydrogens (tertiary/aromatic N) is 5. The number of carbonyl (C=O) groups is 1. The highest BCUT2D eigenvalue weighted by atomic mass is 16.1. The van der Waals surface area contributed by atoms with E-state index in [1.54, 1.807) is 10.9 Å². The van der Waals surface area contributed by atoms with Crippen LogP contribution in [0.25, 0.3) is 11.0 Å². The number of nitrogens with one attached hydrogen (secondary N) is 1. The van der Waals surface area contributed by atoms with Crippen molar-refractivity contribution in [3.05, 3.63) is 48.4 Å². The number of hydrogen-bond acceptors (Lipinski definition) is 6. The number of carbonyl (C=O) groups excluding carboxylic acids is 1. The Morgan fingerprint density at radius 2 is 2.12 bits per heavy atom. The Bertz CT molecular complexity index is 898. The van der Waals surface area contributed by atoms with Gasteiger partial charge in [-0.25, -0.2) is 14.6 Å². The molecule has 2 heterocycles. The second-order valence-electron chi connectivity index (χ2n) is 5.13. The average Bonchev–Trinajstić information content (AvgIpc) is 3.02. The van der Waals surface area contributed by atoms with E-state index in [1.165, 1.54) is 6.33 Å². The maximum Gasteiger partial charge on any atom is 0.244 e. The minimum absolute atomic E-state index is 0.331. The molecular formula is C16H15N7O. The van der Waals surface area contributed by atoms with Crippen molar-refractivity contribution in [3.8, 4) is 6.07 Å². The summed E-state index contributed by atoms with van der Waals surface area (Å²) >= 11 is 0. The Labute approximate surface area is 137 Å². The van der Waals surface area contributed by atoms with Gasteiger partial charge in [0.1, 0.15) is 18.2 Å². The first-order valence-electron chi connectivity index (χ1n) is 7.35. The molecule has 0 spiro atoms. The second-order valence-corrected chi connectivity index (χ2v) is 5.13. The van der Waals surface area contributed by atoms with Gasteiger partial charge in [0.2, 0.25) is 5.91 Å². The van der Waals surface area contributed by atoms with Crippen LogP contribution in [0.3, 0.4) is 0 Å². The predicted molar refractivity (Wildman–Crippen MR) is 87.6 cm³/mol. The summed E-state index contributed by atoms with van der Waals surface area (Å²) in [6.45, 7) is 0.439. The smallest absolute Gasteiger partial charge is 0.244 e. The summed E-state index contributed by atoms with van der Waals surface area (Å²) < 4.78 is 1.63. The molecule has 0 fully saturated rings. The molecule has 8 heteroatoms. The van der Waals surface area contributed by atoms with Crippen LogP contribution in [0.2, 0.25) is 0 Å². The zero-order chi connectivity index (χ0) is 16.9. The van der Waals surface area contributed by atoms with Crippen LogP contribution in [0.1, 0.15) is 18.0 Å². The van der Waals surface area contributed by atoms with E-state index in [0.717, 1.165) is 5.56 Å². The zero-order valence-electron chi connectivity index (χ0n) is 12.8. The minimum Gasteiger partial charge on any atom is -0.368 e. The SMILES string of the molecule is N#CCCn1ncc2c(N[C@H](C(N)=O)c3ccccc3)ncnc21. The van der Waals surface area contributed by atoms with E-state index in [9.17, 15) is 4.79 Å². The maximum atomic E-state index is 11.8. The summed E-state index contributed by atoms with van der Waals surface area (Å²) in [4.78, 5) is 20.2. The maximum absolute atomic E-state index is 11.8. The van der Waals surface area contributed by atoms with Crippen LogP contribution in [-0.2, 0) is 11.3 Å².